The van der Waals surface area contributed by atoms with Gasteiger partial charge in [-0.1, -0.05) is 0 Å². The van der Waals surface area contributed by atoms with Crippen LogP contribution in [0.2, 0.25) is 0 Å². The molecule has 0 fully saturated rings. The molecule has 0 radical (unpaired) electrons. The first-order valence-electron chi connectivity index (χ1n) is 5.45. The molecule has 17 heavy (non-hydrogen) atoms. The van der Waals surface area contributed by atoms with Crippen LogP contribution >= 0.6 is 0 Å². The van der Waals surface area contributed by atoms with Crippen molar-refractivity contribution >= 4 is 0 Å². The van der Waals surface area contributed by atoms with Crippen LogP contribution in [0.15, 0.2) is 29.1 Å². The van der Waals surface area contributed by atoms with Gasteiger partial charge >= 0.3 is 0 Å². The van der Waals surface area contributed by atoms with Crippen LogP contribution in [0, 0.1) is 26.6 Å². The summed E-state index contributed by atoms with van der Waals surface area (Å²) in [6.45, 7) is 5.57. The van der Waals surface area contributed by atoms with Crippen molar-refractivity contribution < 1.29 is 4.39 Å². The number of H-pyrrole nitrogens is 1. The predicted octanol–water partition coefficient (Wildman–Crippen LogP) is 3.11. The van der Waals surface area contributed by atoms with E-state index in [4.69, 9.17) is 0 Å². The lowest BCUT2D eigenvalue weighted by molar-refractivity contribution is 0.629. The standard InChI is InChI=1S/C14H14FNO/c1-8-4-12(13(15)5-9(8)2)14-7-11(17)6-10(3)16-14/h4-7H,1-3H3,(H,16,17). The molecule has 0 atom stereocenters. The van der Waals surface area contributed by atoms with Gasteiger partial charge in [-0.25, -0.2) is 4.39 Å². The minimum Gasteiger partial charge on any atom is -0.358 e. The molecule has 0 saturated carbocycles. The van der Waals surface area contributed by atoms with E-state index in [1.165, 1.54) is 18.2 Å². The fourth-order valence-electron chi connectivity index (χ4n) is 1.81. The normalized spacial score (nSPS) is 10.6. The Bertz CT molecular complexity index is 629. The van der Waals surface area contributed by atoms with E-state index in [2.05, 4.69) is 4.98 Å². The first kappa shape index (κ1) is 11.6. The molecule has 0 amide bonds. The number of aromatic nitrogens is 1. The second kappa shape index (κ2) is 4.17. The topological polar surface area (TPSA) is 32.9 Å². The highest BCUT2D eigenvalue weighted by Gasteiger charge is 2.08. The summed E-state index contributed by atoms with van der Waals surface area (Å²) in [7, 11) is 0. The summed E-state index contributed by atoms with van der Waals surface area (Å²) in [5.74, 6) is -0.311. The van der Waals surface area contributed by atoms with Crippen LogP contribution in [0.3, 0.4) is 0 Å². The lowest BCUT2D eigenvalue weighted by atomic mass is 10.0. The Balaban J connectivity index is 2.68. The second-order valence-electron chi connectivity index (χ2n) is 4.33. The van der Waals surface area contributed by atoms with E-state index in [1.807, 2.05) is 13.8 Å². The van der Waals surface area contributed by atoms with Crippen LogP contribution in [-0.4, -0.2) is 4.98 Å². The van der Waals surface area contributed by atoms with E-state index in [0.717, 1.165) is 16.8 Å². The fourth-order valence-corrected chi connectivity index (χ4v) is 1.81. The zero-order valence-electron chi connectivity index (χ0n) is 10.1. The Kier molecular flexibility index (Phi) is 2.84. The van der Waals surface area contributed by atoms with Gasteiger partial charge in [0.05, 0.1) is 5.69 Å². The summed E-state index contributed by atoms with van der Waals surface area (Å²) >= 11 is 0. The summed E-state index contributed by atoms with van der Waals surface area (Å²) in [6, 6.07) is 6.16. The molecular formula is C14H14FNO. The highest BCUT2D eigenvalue weighted by atomic mass is 19.1. The highest BCUT2D eigenvalue weighted by Crippen LogP contribution is 2.23. The van der Waals surface area contributed by atoms with Gasteiger partial charge in [0.2, 0.25) is 0 Å². The van der Waals surface area contributed by atoms with Crippen LogP contribution in [0.1, 0.15) is 16.8 Å². The van der Waals surface area contributed by atoms with Gasteiger partial charge in [0.25, 0.3) is 0 Å². The molecule has 0 aliphatic rings. The number of aryl methyl sites for hydroxylation is 3. The lowest BCUT2D eigenvalue weighted by Gasteiger charge is -2.08. The first-order chi connectivity index (χ1) is 7.97. The number of hydrogen-bond acceptors (Lipinski definition) is 1. The number of benzene rings is 1. The van der Waals surface area contributed by atoms with E-state index in [9.17, 15) is 9.18 Å². The monoisotopic (exact) mass is 231 g/mol. The zero-order valence-corrected chi connectivity index (χ0v) is 10.1. The van der Waals surface area contributed by atoms with Crippen molar-refractivity contribution in [3.8, 4) is 11.3 Å². The Labute approximate surface area is 99.1 Å². The number of rotatable bonds is 1. The average Bonchev–Trinajstić information content (AvgIpc) is 2.22. The average molecular weight is 231 g/mol. The Hall–Kier alpha value is -1.90. The van der Waals surface area contributed by atoms with Crippen molar-refractivity contribution in [3.63, 3.8) is 0 Å². The third-order valence-electron chi connectivity index (χ3n) is 2.85. The number of hydrogen-bond donors (Lipinski definition) is 1. The third kappa shape index (κ3) is 2.28. The van der Waals surface area contributed by atoms with Crippen LogP contribution < -0.4 is 5.43 Å². The van der Waals surface area contributed by atoms with Crippen molar-refractivity contribution in [1.29, 1.82) is 0 Å². The second-order valence-corrected chi connectivity index (χ2v) is 4.33. The molecule has 1 N–H and O–H groups in total. The minimum atomic E-state index is -0.311. The number of pyridine rings is 1. The smallest absolute Gasteiger partial charge is 0.182 e. The minimum absolute atomic E-state index is 0.117. The molecule has 3 heteroatoms. The fraction of sp³-hybridized carbons (Fsp3) is 0.214. The molecule has 2 aromatic rings. The van der Waals surface area contributed by atoms with Gasteiger partial charge in [0.15, 0.2) is 5.43 Å². The van der Waals surface area contributed by atoms with Gasteiger partial charge in [0.1, 0.15) is 5.82 Å². The van der Waals surface area contributed by atoms with Crippen molar-refractivity contribution in [2.24, 2.45) is 0 Å². The van der Waals surface area contributed by atoms with Crippen LogP contribution in [0.25, 0.3) is 11.3 Å². The molecule has 2 nitrogen and oxygen atoms in total. The Morgan fingerprint density at radius 1 is 1.00 bits per heavy atom. The Morgan fingerprint density at radius 3 is 2.29 bits per heavy atom. The van der Waals surface area contributed by atoms with Gasteiger partial charge in [0, 0.05) is 23.4 Å². The maximum atomic E-state index is 13.9. The Morgan fingerprint density at radius 2 is 1.65 bits per heavy atom. The highest BCUT2D eigenvalue weighted by molar-refractivity contribution is 5.61. The van der Waals surface area contributed by atoms with Gasteiger partial charge in [-0.3, -0.25) is 4.79 Å². The molecular weight excluding hydrogens is 217 g/mol. The van der Waals surface area contributed by atoms with Gasteiger partial charge in [-0.05, 0) is 44.0 Å². The van der Waals surface area contributed by atoms with Crippen molar-refractivity contribution in [2.75, 3.05) is 0 Å². The van der Waals surface area contributed by atoms with Crippen LogP contribution in [0.5, 0.6) is 0 Å². The number of halogens is 1. The number of nitrogens with one attached hydrogen (secondary N) is 1. The quantitative estimate of drug-likeness (QED) is 0.803. The maximum absolute atomic E-state index is 13.9. The molecule has 0 bridgehead atoms. The first-order valence-corrected chi connectivity index (χ1v) is 5.45. The van der Waals surface area contributed by atoms with Crippen LogP contribution in [-0.2, 0) is 0 Å². The van der Waals surface area contributed by atoms with Crippen LogP contribution in [0.4, 0.5) is 4.39 Å². The van der Waals surface area contributed by atoms with E-state index in [0.29, 0.717) is 11.3 Å². The van der Waals surface area contributed by atoms with E-state index in [-0.39, 0.29) is 11.2 Å². The molecule has 0 saturated heterocycles. The summed E-state index contributed by atoms with van der Waals surface area (Å²) in [4.78, 5) is 14.4. The molecule has 0 unspecified atom stereocenters. The molecule has 1 aromatic carbocycles. The summed E-state index contributed by atoms with van der Waals surface area (Å²) in [5.41, 5.74) is 3.48. The molecule has 0 spiro atoms. The van der Waals surface area contributed by atoms with E-state index >= 15 is 0 Å². The maximum Gasteiger partial charge on any atom is 0.182 e. The third-order valence-corrected chi connectivity index (χ3v) is 2.85. The lowest BCUT2D eigenvalue weighted by Crippen LogP contribution is -2.03. The van der Waals surface area contributed by atoms with E-state index < -0.39 is 0 Å². The van der Waals surface area contributed by atoms with Gasteiger partial charge < -0.3 is 4.98 Å². The van der Waals surface area contributed by atoms with Gasteiger partial charge in [-0.2, -0.15) is 0 Å². The van der Waals surface area contributed by atoms with Gasteiger partial charge in [-0.15, -0.1) is 0 Å². The predicted molar refractivity (Wildman–Crippen MR) is 66.7 cm³/mol. The van der Waals surface area contributed by atoms with Crippen molar-refractivity contribution in [1.82, 2.24) is 4.98 Å². The summed E-state index contributed by atoms with van der Waals surface area (Å²) < 4.78 is 13.9. The molecule has 2 rings (SSSR count). The number of aromatic amines is 1. The molecule has 1 heterocycles. The SMILES string of the molecule is Cc1cc(=O)cc(-c2cc(C)c(C)cc2F)[nH]1. The molecule has 0 aliphatic carbocycles. The molecule has 1 aromatic heterocycles. The molecule has 0 aliphatic heterocycles. The largest absolute Gasteiger partial charge is 0.358 e. The summed E-state index contributed by atoms with van der Waals surface area (Å²) in [6.07, 6.45) is 0. The van der Waals surface area contributed by atoms with Crippen molar-refractivity contribution in [2.45, 2.75) is 20.8 Å². The zero-order chi connectivity index (χ0) is 12.6. The van der Waals surface area contributed by atoms with Crippen molar-refractivity contribution in [3.05, 3.63) is 57.1 Å². The molecule has 88 valence electrons. The van der Waals surface area contributed by atoms with E-state index in [1.54, 1.807) is 13.0 Å². The summed E-state index contributed by atoms with van der Waals surface area (Å²) in [5, 5.41) is 0.